The van der Waals surface area contributed by atoms with Crippen LogP contribution in [0.4, 0.5) is 10.5 Å². The monoisotopic (exact) mass is 455 g/mol. The Labute approximate surface area is 189 Å². The number of rotatable bonds is 8. The van der Waals surface area contributed by atoms with Crippen molar-refractivity contribution in [2.45, 2.75) is 13.0 Å². The van der Waals surface area contributed by atoms with Gasteiger partial charge < -0.3 is 9.47 Å². The van der Waals surface area contributed by atoms with Gasteiger partial charge in [0, 0.05) is 43.0 Å². The first kappa shape index (κ1) is 22.1. The summed E-state index contributed by atoms with van der Waals surface area (Å²) in [5.74, 6) is 0. The second-order valence-corrected chi connectivity index (χ2v) is 8.22. The highest BCUT2D eigenvalue weighted by molar-refractivity contribution is 7.13. The van der Waals surface area contributed by atoms with Crippen LogP contribution in [0.15, 0.2) is 52.8 Å². The van der Waals surface area contributed by atoms with E-state index in [9.17, 15) is 9.59 Å². The van der Waals surface area contributed by atoms with Gasteiger partial charge in [-0.25, -0.2) is 14.5 Å². The predicted octanol–water partition coefficient (Wildman–Crippen LogP) is 2.69. The molecule has 0 radical (unpaired) electrons. The smallest absolute Gasteiger partial charge is 0.411 e. The predicted molar refractivity (Wildman–Crippen MR) is 122 cm³/mol. The number of benzene rings is 1. The van der Waals surface area contributed by atoms with E-state index in [1.165, 1.54) is 22.1 Å². The Morgan fingerprint density at radius 2 is 2.09 bits per heavy atom. The van der Waals surface area contributed by atoms with Crippen molar-refractivity contribution in [2.24, 2.45) is 0 Å². The maximum Gasteiger partial charge on any atom is 0.411 e. The molecule has 0 unspecified atom stereocenters. The zero-order valence-corrected chi connectivity index (χ0v) is 18.4. The zero-order valence-electron chi connectivity index (χ0n) is 17.6. The molecule has 1 saturated heterocycles. The zero-order chi connectivity index (χ0) is 22.2. The van der Waals surface area contributed by atoms with Gasteiger partial charge in [-0.15, -0.1) is 11.3 Å². The van der Waals surface area contributed by atoms with Gasteiger partial charge >= 0.3 is 6.09 Å². The molecule has 4 rings (SSSR count). The number of hydrogen-bond donors (Lipinski definition) is 1. The number of anilines is 1. The summed E-state index contributed by atoms with van der Waals surface area (Å²) in [7, 11) is 0. The number of aromatic nitrogens is 3. The fraction of sp³-hybridized carbons (Fsp3) is 0.364. The van der Waals surface area contributed by atoms with Gasteiger partial charge in [0.2, 0.25) is 0 Å². The summed E-state index contributed by atoms with van der Waals surface area (Å²) in [4.78, 5) is 30.9. The van der Waals surface area contributed by atoms with Crippen LogP contribution in [0.3, 0.4) is 0 Å². The number of nitrogens with zero attached hydrogens (tertiary/aromatic N) is 4. The third-order valence-corrected chi connectivity index (χ3v) is 5.77. The summed E-state index contributed by atoms with van der Waals surface area (Å²) >= 11 is 1.46. The van der Waals surface area contributed by atoms with E-state index in [1.807, 2.05) is 17.5 Å². The molecule has 0 spiro atoms. The van der Waals surface area contributed by atoms with Crippen molar-refractivity contribution in [1.82, 2.24) is 19.7 Å². The van der Waals surface area contributed by atoms with Gasteiger partial charge in [-0.05, 0) is 30.2 Å². The van der Waals surface area contributed by atoms with Crippen LogP contribution in [0, 0.1) is 0 Å². The highest BCUT2D eigenvalue weighted by Gasteiger charge is 2.11. The van der Waals surface area contributed by atoms with E-state index in [4.69, 9.17) is 9.47 Å². The van der Waals surface area contributed by atoms with Gasteiger partial charge in [0.15, 0.2) is 0 Å². The molecular weight excluding hydrogens is 430 g/mol. The van der Waals surface area contributed by atoms with Crippen LogP contribution < -0.4 is 10.9 Å². The van der Waals surface area contributed by atoms with Crippen molar-refractivity contribution in [3.63, 3.8) is 0 Å². The van der Waals surface area contributed by atoms with E-state index >= 15 is 0 Å². The summed E-state index contributed by atoms with van der Waals surface area (Å²) in [6.45, 7) is 4.87. The summed E-state index contributed by atoms with van der Waals surface area (Å²) in [5, 5.41) is 9.78. The minimum Gasteiger partial charge on any atom is -0.449 e. The number of hydrogen-bond acceptors (Lipinski definition) is 8. The highest BCUT2D eigenvalue weighted by Crippen LogP contribution is 2.18. The molecule has 1 N–H and O–H groups in total. The Hall–Kier alpha value is -3.08. The molecule has 3 aromatic rings. The Kier molecular flexibility index (Phi) is 7.59. The minimum absolute atomic E-state index is 0.205. The molecule has 10 heteroatoms. The summed E-state index contributed by atoms with van der Waals surface area (Å²) in [5.41, 5.74) is 1.88. The molecule has 0 atom stereocenters. The molecule has 1 amide bonds. The minimum atomic E-state index is -0.495. The molecule has 32 heavy (non-hydrogen) atoms. The summed E-state index contributed by atoms with van der Waals surface area (Å²) in [6, 6.07) is 10.4. The largest absolute Gasteiger partial charge is 0.449 e. The van der Waals surface area contributed by atoms with Crippen molar-refractivity contribution in [3.8, 4) is 10.7 Å². The van der Waals surface area contributed by atoms with Gasteiger partial charge in [-0.2, -0.15) is 5.10 Å². The molecule has 1 fully saturated rings. The fourth-order valence-electron chi connectivity index (χ4n) is 3.38. The molecular formula is C22H25N5O4S. The Morgan fingerprint density at radius 3 is 2.91 bits per heavy atom. The van der Waals surface area contributed by atoms with Crippen molar-refractivity contribution in [2.75, 3.05) is 44.8 Å². The quantitative estimate of drug-likeness (QED) is 0.522. The van der Waals surface area contributed by atoms with E-state index in [2.05, 4.69) is 20.3 Å². The summed E-state index contributed by atoms with van der Waals surface area (Å²) in [6.07, 6.45) is 1.98. The maximum atomic E-state index is 12.3. The molecule has 2 aromatic heterocycles. The molecule has 1 aliphatic rings. The number of morpholine rings is 1. The third kappa shape index (κ3) is 6.22. The van der Waals surface area contributed by atoms with Crippen LogP contribution in [-0.2, 0) is 16.0 Å². The van der Waals surface area contributed by atoms with Crippen LogP contribution in [-0.4, -0.2) is 65.2 Å². The molecule has 0 aliphatic carbocycles. The lowest BCUT2D eigenvalue weighted by Gasteiger charge is -2.26. The van der Waals surface area contributed by atoms with Crippen LogP contribution in [0.25, 0.3) is 10.7 Å². The van der Waals surface area contributed by atoms with Crippen molar-refractivity contribution >= 4 is 23.1 Å². The number of amides is 1. The van der Waals surface area contributed by atoms with E-state index in [-0.39, 0.29) is 12.1 Å². The Bertz CT molecular complexity index is 1080. The van der Waals surface area contributed by atoms with Crippen molar-refractivity contribution in [3.05, 3.63) is 63.9 Å². The van der Waals surface area contributed by atoms with Crippen LogP contribution in [0.1, 0.15) is 12.0 Å². The average molecular weight is 456 g/mol. The fourth-order valence-corrected chi connectivity index (χ4v) is 3.98. The van der Waals surface area contributed by atoms with Crippen molar-refractivity contribution in [1.29, 1.82) is 0 Å². The molecule has 9 nitrogen and oxygen atoms in total. The van der Waals surface area contributed by atoms with E-state index in [1.54, 1.807) is 24.4 Å². The van der Waals surface area contributed by atoms with Gasteiger partial charge in [0.25, 0.3) is 5.56 Å². The lowest BCUT2D eigenvalue weighted by Crippen LogP contribution is -2.37. The first-order chi connectivity index (χ1) is 15.7. The van der Waals surface area contributed by atoms with Gasteiger partial charge in [-0.1, -0.05) is 12.1 Å². The SMILES string of the molecule is O=C(Nc1cccc(Cn2nc(-c3nccs3)ccc2=O)c1)OCCCN1CCOCC1. The standard InChI is InChI=1S/C22H25N5O4S/c28-20-6-5-19(21-23-7-14-32-21)25-27(20)16-17-3-1-4-18(15-17)24-22(29)31-11-2-8-26-9-12-30-13-10-26/h1,3-7,14-15H,2,8-13,16H2,(H,24,29). The second kappa shape index (κ2) is 11.0. The molecule has 0 saturated carbocycles. The van der Waals surface area contributed by atoms with Gasteiger partial charge in [0.05, 0.1) is 26.4 Å². The molecule has 3 heterocycles. The molecule has 1 aromatic carbocycles. The van der Waals surface area contributed by atoms with Gasteiger partial charge in [-0.3, -0.25) is 15.0 Å². The molecule has 1 aliphatic heterocycles. The lowest BCUT2D eigenvalue weighted by atomic mass is 10.2. The van der Waals surface area contributed by atoms with E-state index in [0.29, 0.717) is 18.0 Å². The number of nitrogens with one attached hydrogen (secondary N) is 1. The first-order valence-electron chi connectivity index (χ1n) is 10.5. The molecule has 0 bridgehead atoms. The van der Waals surface area contributed by atoms with Crippen LogP contribution >= 0.6 is 11.3 Å². The van der Waals surface area contributed by atoms with Gasteiger partial charge in [0.1, 0.15) is 10.7 Å². The summed E-state index contributed by atoms with van der Waals surface area (Å²) < 4.78 is 12.0. The maximum absolute atomic E-state index is 12.3. The van der Waals surface area contributed by atoms with E-state index < -0.39 is 6.09 Å². The third-order valence-electron chi connectivity index (χ3n) is 4.98. The number of carbonyl (C=O) groups excluding carboxylic acids is 1. The lowest BCUT2D eigenvalue weighted by molar-refractivity contribution is 0.0348. The number of carbonyl (C=O) groups is 1. The Balaban J connectivity index is 1.30. The number of thiazole rings is 1. The van der Waals surface area contributed by atoms with E-state index in [0.717, 1.165) is 49.8 Å². The van der Waals surface area contributed by atoms with Crippen molar-refractivity contribution < 1.29 is 14.3 Å². The second-order valence-electron chi connectivity index (χ2n) is 7.32. The highest BCUT2D eigenvalue weighted by atomic mass is 32.1. The molecule has 168 valence electrons. The normalized spacial score (nSPS) is 14.2. The first-order valence-corrected chi connectivity index (χ1v) is 11.4. The van der Waals surface area contributed by atoms with Crippen LogP contribution in [0.5, 0.6) is 0 Å². The van der Waals surface area contributed by atoms with Crippen LogP contribution in [0.2, 0.25) is 0 Å². The Morgan fingerprint density at radius 1 is 1.22 bits per heavy atom. The average Bonchev–Trinajstić information content (AvgIpc) is 3.34. The number of ether oxygens (including phenoxy) is 2. The topological polar surface area (TPSA) is 98.6 Å².